The predicted molar refractivity (Wildman–Crippen MR) is 147 cm³/mol. The van der Waals surface area contributed by atoms with Gasteiger partial charge in [-0.05, 0) is 68.8 Å². The van der Waals surface area contributed by atoms with Crippen LogP contribution < -0.4 is 20.7 Å². The van der Waals surface area contributed by atoms with Gasteiger partial charge >= 0.3 is 5.97 Å². The molecule has 0 radical (unpaired) electrons. The normalized spacial score (nSPS) is 14.5. The average Bonchev–Trinajstić information content (AvgIpc) is 2.91. The Bertz CT molecular complexity index is 1560. The SMILES string of the molecule is Cc1cc([C@@H](C)Nc2ccccc2C(=O)O)c2nc(N3CCN(c4ccc(F)cc4)CC3)c(C)c(=O)n2c1. The lowest BCUT2D eigenvalue weighted by molar-refractivity contribution is 0.0698. The van der Waals surface area contributed by atoms with E-state index in [9.17, 15) is 19.1 Å². The van der Waals surface area contributed by atoms with Crippen molar-refractivity contribution in [2.75, 3.05) is 41.3 Å². The number of nitrogens with zero attached hydrogens (tertiary/aromatic N) is 4. The molecule has 8 nitrogen and oxygen atoms in total. The molecule has 4 aromatic rings. The third-order valence-corrected chi connectivity index (χ3v) is 7.06. The van der Waals surface area contributed by atoms with Crippen LogP contribution in [0.5, 0.6) is 0 Å². The molecular formula is C29H30FN5O3. The van der Waals surface area contributed by atoms with Crippen molar-refractivity contribution < 1.29 is 14.3 Å². The summed E-state index contributed by atoms with van der Waals surface area (Å²) < 4.78 is 14.9. The molecule has 2 N–H and O–H groups in total. The Balaban J connectivity index is 1.48. The maximum atomic E-state index is 13.5. The highest BCUT2D eigenvalue weighted by Gasteiger charge is 2.24. The summed E-state index contributed by atoms with van der Waals surface area (Å²) in [5, 5.41) is 12.9. The Hall–Kier alpha value is -4.40. The number of hydrogen-bond donors (Lipinski definition) is 2. The summed E-state index contributed by atoms with van der Waals surface area (Å²) >= 11 is 0. The number of aromatic nitrogens is 2. The first-order chi connectivity index (χ1) is 18.2. The number of halogens is 1. The van der Waals surface area contributed by atoms with Gasteiger partial charge in [0.1, 0.15) is 17.3 Å². The lowest BCUT2D eigenvalue weighted by atomic mass is 10.1. The van der Waals surface area contributed by atoms with E-state index in [-0.39, 0.29) is 23.0 Å². The zero-order valence-electron chi connectivity index (χ0n) is 21.6. The summed E-state index contributed by atoms with van der Waals surface area (Å²) in [6, 6.07) is 14.9. The van der Waals surface area contributed by atoms with Crippen LogP contribution in [0.4, 0.5) is 21.6 Å². The Labute approximate surface area is 220 Å². The van der Waals surface area contributed by atoms with Gasteiger partial charge in [0.25, 0.3) is 5.56 Å². The predicted octanol–water partition coefficient (Wildman–Crippen LogP) is 4.65. The first-order valence-electron chi connectivity index (χ1n) is 12.6. The second-order valence-electron chi connectivity index (χ2n) is 9.70. The van der Waals surface area contributed by atoms with Crippen LogP contribution in [0.3, 0.4) is 0 Å². The minimum absolute atomic E-state index is 0.131. The van der Waals surface area contributed by atoms with E-state index in [2.05, 4.69) is 15.1 Å². The molecule has 0 unspecified atom stereocenters. The molecule has 2 aromatic heterocycles. The number of benzene rings is 2. The van der Waals surface area contributed by atoms with E-state index in [0.717, 1.165) is 29.9 Å². The second kappa shape index (κ2) is 10.2. The molecule has 3 heterocycles. The Morgan fingerprint density at radius 2 is 1.68 bits per heavy atom. The van der Waals surface area contributed by atoms with Crippen molar-refractivity contribution in [2.45, 2.75) is 26.8 Å². The quantitative estimate of drug-likeness (QED) is 0.386. The first-order valence-corrected chi connectivity index (χ1v) is 12.6. The van der Waals surface area contributed by atoms with Gasteiger partial charge in [-0.3, -0.25) is 9.20 Å². The third-order valence-electron chi connectivity index (χ3n) is 7.06. The summed E-state index contributed by atoms with van der Waals surface area (Å²) in [4.78, 5) is 34.5. The number of piperazine rings is 1. The standard InChI is InChI=1S/C29H30FN5O3/c1-18-16-24(20(3)31-25-7-5-4-6-23(25)29(37)38)27-32-26(19(2)28(36)35(27)17-18)34-14-12-33(13-15-34)22-10-8-21(30)9-11-22/h4-11,16-17,20,31H,12-15H2,1-3H3,(H,37,38)/t20-/m1/s1. The number of aryl methyl sites for hydroxylation is 1. The summed E-state index contributed by atoms with van der Waals surface area (Å²) in [7, 11) is 0. The largest absolute Gasteiger partial charge is 0.478 e. The Morgan fingerprint density at radius 3 is 2.37 bits per heavy atom. The summed E-state index contributed by atoms with van der Waals surface area (Å²) in [5.74, 6) is -0.622. The number of aromatic carboxylic acids is 1. The summed E-state index contributed by atoms with van der Waals surface area (Å²) in [6.07, 6.45) is 1.79. The molecule has 0 spiro atoms. The third kappa shape index (κ3) is 4.79. The molecule has 1 aliphatic rings. The lowest BCUT2D eigenvalue weighted by Gasteiger charge is -2.37. The van der Waals surface area contributed by atoms with Gasteiger partial charge in [0.2, 0.25) is 0 Å². The van der Waals surface area contributed by atoms with E-state index in [4.69, 9.17) is 4.98 Å². The molecule has 0 saturated carbocycles. The smallest absolute Gasteiger partial charge is 0.337 e. The highest BCUT2D eigenvalue weighted by molar-refractivity contribution is 5.94. The number of anilines is 3. The number of fused-ring (bicyclic) bond motifs is 1. The number of hydrogen-bond acceptors (Lipinski definition) is 6. The highest BCUT2D eigenvalue weighted by Crippen LogP contribution is 2.28. The fourth-order valence-electron chi connectivity index (χ4n) is 5.05. The van der Waals surface area contributed by atoms with Gasteiger partial charge in [0, 0.05) is 49.3 Å². The molecule has 5 rings (SSSR count). The number of carboxylic acids is 1. The number of carbonyl (C=O) groups is 1. The number of carboxylic acid groups (broad SMARTS) is 1. The topological polar surface area (TPSA) is 90.2 Å². The molecule has 0 bridgehead atoms. The van der Waals surface area contributed by atoms with E-state index in [1.165, 1.54) is 12.1 Å². The molecule has 1 fully saturated rings. The van der Waals surface area contributed by atoms with Crippen molar-refractivity contribution in [1.29, 1.82) is 0 Å². The fraction of sp³-hybridized carbons (Fsp3) is 0.276. The number of nitrogens with one attached hydrogen (secondary N) is 1. The van der Waals surface area contributed by atoms with Gasteiger partial charge in [-0.25, -0.2) is 14.2 Å². The van der Waals surface area contributed by atoms with Crippen molar-refractivity contribution in [3.63, 3.8) is 0 Å². The number of rotatable bonds is 6. The molecule has 0 amide bonds. The Kier molecular flexibility index (Phi) is 6.75. The highest BCUT2D eigenvalue weighted by atomic mass is 19.1. The first kappa shape index (κ1) is 25.3. The minimum atomic E-state index is -1.01. The zero-order valence-corrected chi connectivity index (χ0v) is 21.6. The average molecular weight is 516 g/mol. The van der Waals surface area contributed by atoms with Crippen LogP contribution >= 0.6 is 0 Å². The minimum Gasteiger partial charge on any atom is -0.478 e. The van der Waals surface area contributed by atoms with E-state index in [1.54, 1.807) is 53.9 Å². The van der Waals surface area contributed by atoms with Gasteiger partial charge in [-0.1, -0.05) is 12.1 Å². The van der Waals surface area contributed by atoms with Gasteiger partial charge in [0.15, 0.2) is 0 Å². The van der Waals surface area contributed by atoms with E-state index in [0.29, 0.717) is 35.8 Å². The monoisotopic (exact) mass is 515 g/mol. The number of para-hydroxylation sites is 1. The molecule has 38 heavy (non-hydrogen) atoms. The Morgan fingerprint density at radius 1 is 1.03 bits per heavy atom. The van der Waals surface area contributed by atoms with Gasteiger partial charge in [0.05, 0.1) is 17.2 Å². The van der Waals surface area contributed by atoms with Gasteiger partial charge in [-0.15, -0.1) is 0 Å². The van der Waals surface area contributed by atoms with E-state index < -0.39 is 5.97 Å². The van der Waals surface area contributed by atoms with Crippen LogP contribution in [0.1, 0.15) is 40.0 Å². The number of pyridine rings is 1. The van der Waals surface area contributed by atoms with Gasteiger partial charge in [-0.2, -0.15) is 0 Å². The van der Waals surface area contributed by atoms with Crippen LogP contribution in [0.2, 0.25) is 0 Å². The molecular weight excluding hydrogens is 485 g/mol. The van der Waals surface area contributed by atoms with Crippen molar-refractivity contribution in [2.24, 2.45) is 0 Å². The van der Waals surface area contributed by atoms with Crippen molar-refractivity contribution in [1.82, 2.24) is 9.38 Å². The van der Waals surface area contributed by atoms with Crippen LogP contribution in [0, 0.1) is 19.7 Å². The van der Waals surface area contributed by atoms with Crippen LogP contribution in [-0.4, -0.2) is 46.6 Å². The molecule has 196 valence electrons. The van der Waals surface area contributed by atoms with Crippen molar-refractivity contribution in [3.8, 4) is 0 Å². The second-order valence-corrected chi connectivity index (χ2v) is 9.70. The van der Waals surface area contributed by atoms with E-state index >= 15 is 0 Å². The maximum Gasteiger partial charge on any atom is 0.337 e. The maximum absolute atomic E-state index is 13.5. The zero-order chi connectivity index (χ0) is 27.0. The molecule has 2 aromatic carbocycles. The van der Waals surface area contributed by atoms with Crippen LogP contribution in [-0.2, 0) is 0 Å². The molecule has 9 heteroatoms. The van der Waals surface area contributed by atoms with E-state index in [1.807, 2.05) is 19.9 Å². The molecule has 0 aliphatic carbocycles. The molecule has 1 aliphatic heterocycles. The summed E-state index contributed by atoms with van der Waals surface area (Å²) in [6.45, 7) is 8.43. The molecule has 1 atom stereocenters. The van der Waals surface area contributed by atoms with Gasteiger partial charge < -0.3 is 20.2 Å². The summed E-state index contributed by atoms with van der Waals surface area (Å²) in [5.41, 5.74) is 4.32. The van der Waals surface area contributed by atoms with Crippen molar-refractivity contribution >= 4 is 28.8 Å². The van der Waals surface area contributed by atoms with Crippen LogP contribution in [0.25, 0.3) is 5.65 Å². The lowest BCUT2D eigenvalue weighted by Crippen LogP contribution is -2.47. The van der Waals surface area contributed by atoms with Crippen LogP contribution in [0.15, 0.2) is 65.6 Å². The van der Waals surface area contributed by atoms with Crippen molar-refractivity contribution in [3.05, 3.63) is 99.2 Å². The fourth-order valence-corrected chi connectivity index (χ4v) is 5.05. The molecule has 1 saturated heterocycles.